The van der Waals surface area contributed by atoms with Crippen LogP contribution in [0.1, 0.15) is 36.2 Å². The first-order valence-electron chi connectivity index (χ1n) is 8.01. The summed E-state index contributed by atoms with van der Waals surface area (Å²) in [5, 5.41) is 0. The number of carbonyl (C=O) groups excluding carboxylic acids is 1. The summed E-state index contributed by atoms with van der Waals surface area (Å²) in [4.78, 5) is 27.1. The predicted octanol–water partition coefficient (Wildman–Crippen LogP) is 1.95. The summed E-state index contributed by atoms with van der Waals surface area (Å²) in [7, 11) is 0. The van der Waals surface area contributed by atoms with Crippen LogP contribution < -0.4 is 15.0 Å². The van der Waals surface area contributed by atoms with Gasteiger partial charge in [-0.15, -0.1) is 0 Å². The summed E-state index contributed by atoms with van der Waals surface area (Å²) in [5.74, 6) is 0.445. The van der Waals surface area contributed by atoms with Gasteiger partial charge in [-0.2, -0.15) is 4.98 Å². The number of hydrogen-bond acceptors (Lipinski definition) is 5. The molecule has 0 N–H and O–H groups in total. The number of nitrogens with zero attached hydrogens (tertiary/aromatic N) is 2. The Hall–Kier alpha value is -2.63. The number of carbonyl (C=O) groups is 1. The fourth-order valence-electron chi connectivity index (χ4n) is 3.36. The van der Waals surface area contributed by atoms with Crippen molar-refractivity contribution < 1.29 is 14.3 Å². The Kier molecular flexibility index (Phi) is 3.23. The van der Waals surface area contributed by atoms with Gasteiger partial charge < -0.3 is 9.47 Å². The molecule has 6 nitrogen and oxygen atoms in total. The minimum Gasteiger partial charge on any atom is -0.489 e. The molecule has 1 aromatic carbocycles. The molecule has 0 bridgehead atoms. The Labute approximate surface area is 139 Å². The number of fused-ring (bicyclic) bond motifs is 2. The van der Waals surface area contributed by atoms with Crippen LogP contribution in [0.15, 0.2) is 35.3 Å². The third-order valence-electron chi connectivity index (χ3n) is 4.77. The van der Waals surface area contributed by atoms with Crippen LogP contribution in [0, 0.1) is 0 Å². The summed E-state index contributed by atoms with van der Waals surface area (Å²) in [5.41, 5.74) is 2.43. The molecule has 0 radical (unpaired) electrons. The summed E-state index contributed by atoms with van der Waals surface area (Å²) in [6.07, 6.45) is 2.76. The largest absolute Gasteiger partial charge is 0.489 e. The van der Waals surface area contributed by atoms with E-state index in [1.54, 1.807) is 0 Å². The first-order chi connectivity index (χ1) is 11.4. The van der Waals surface area contributed by atoms with Gasteiger partial charge in [0, 0.05) is 12.3 Å². The molecule has 2 aromatic rings. The highest BCUT2D eigenvalue weighted by Crippen LogP contribution is 2.39. The minimum atomic E-state index is -0.788. The van der Waals surface area contributed by atoms with Crippen LogP contribution in [0.4, 0.5) is 0 Å². The van der Waals surface area contributed by atoms with Gasteiger partial charge in [0.05, 0.1) is 0 Å². The van der Waals surface area contributed by atoms with E-state index in [-0.39, 0.29) is 23.9 Å². The number of aryl methyl sites for hydroxylation is 1. The average molecular weight is 326 g/mol. The van der Waals surface area contributed by atoms with E-state index in [0.29, 0.717) is 0 Å². The second-order valence-electron chi connectivity index (χ2n) is 6.88. The van der Waals surface area contributed by atoms with Gasteiger partial charge in [-0.05, 0) is 41.5 Å². The molecule has 2 heterocycles. The summed E-state index contributed by atoms with van der Waals surface area (Å²) in [6, 6.07) is 7.33. The molecule has 0 saturated heterocycles. The quantitative estimate of drug-likeness (QED) is 0.862. The highest BCUT2D eigenvalue weighted by molar-refractivity contribution is 5.86. The van der Waals surface area contributed by atoms with Gasteiger partial charge in [-0.1, -0.05) is 19.9 Å². The fourth-order valence-corrected chi connectivity index (χ4v) is 3.36. The Balaban J connectivity index is 1.47. The van der Waals surface area contributed by atoms with E-state index in [2.05, 4.69) is 24.9 Å². The van der Waals surface area contributed by atoms with Gasteiger partial charge in [0.25, 0.3) is 11.5 Å². The molecular formula is C18H18N2O4. The summed E-state index contributed by atoms with van der Waals surface area (Å²) < 4.78 is 12.4. The molecule has 0 spiro atoms. The molecule has 1 aromatic heterocycles. The number of aromatic nitrogens is 2. The van der Waals surface area contributed by atoms with Gasteiger partial charge in [0.15, 0.2) is 0 Å². The monoisotopic (exact) mass is 326 g/mol. The standard InChI is InChI=1S/C18H18N2O4/c1-18(2)7-5-11-9-12(3-4-13(11)18)23-10-14-16(22)20-8-6-15(21)19-17(20)24-14/h3-4,6,8-9,14H,5,7,10H2,1-2H3/t14-/m0/s1. The van der Waals surface area contributed by atoms with Crippen LogP contribution >= 0.6 is 0 Å². The third-order valence-corrected chi connectivity index (χ3v) is 4.77. The molecule has 0 amide bonds. The van der Waals surface area contributed by atoms with Crippen LogP contribution in [-0.4, -0.2) is 28.2 Å². The molecule has 0 unspecified atom stereocenters. The Bertz CT molecular complexity index is 885. The van der Waals surface area contributed by atoms with Crippen LogP contribution in [0.5, 0.6) is 11.8 Å². The lowest BCUT2D eigenvalue weighted by Crippen LogP contribution is -2.30. The van der Waals surface area contributed by atoms with Gasteiger partial charge in [-0.3, -0.25) is 9.59 Å². The first-order valence-corrected chi connectivity index (χ1v) is 8.01. The second-order valence-corrected chi connectivity index (χ2v) is 6.88. The molecule has 1 atom stereocenters. The van der Waals surface area contributed by atoms with Crippen molar-refractivity contribution in [3.8, 4) is 11.8 Å². The molecule has 24 heavy (non-hydrogen) atoms. The van der Waals surface area contributed by atoms with Gasteiger partial charge in [0.1, 0.15) is 12.4 Å². The molecule has 124 valence electrons. The fraction of sp³-hybridized carbons (Fsp3) is 0.389. The Morgan fingerprint density at radius 2 is 2.17 bits per heavy atom. The summed E-state index contributed by atoms with van der Waals surface area (Å²) in [6.45, 7) is 4.57. The summed E-state index contributed by atoms with van der Waals surface area (Å²) >= 11 is 0. The molecule has 1 aliphatic carbocycles. The molecule has 4 rings (SSSR count). The van der Waals surface area contributed by atoms with Crippen LogP contribution in [0.25, 0.3) is 0 Å². The van der Waals surface area contributed by atoms with Crippen LogP contribution in [0.2, 0.25) is 0 Å². The Morgan fingerprint density at radius 3 is 3.00 bits per heavy atom. The average Bonchev–Trinajstić information content (AvgIpc) is 3.02. The van der Waals surface area contributed by atoms with Crippen molar-refractivity contribution in [1.29, 1.82) is 0 Å². The highest BCUT2D eigenvalue weighted by Gasteiger charge is 2.34. The molecule has 2 aliphatic rings. The molecular weight excluding hydrogens is 308 g/mol. The van der Waals surface area contributed by atoms with Crippen molar-refractivity contribution >= 4 is 5.91 Å². The van der Waals surface area contributed by atoms with Crippen LogP contribution in [0.3, 0.4) is 0 Å². The van der Waals surface area contributed by atoms with E-state index in [9.17, 15) is 9.59 Å². The SMILES string of the molecule is CC1(C)CCc2cc(OC[C@@H]3Oc4nc(=O)ccn4C3=O)ccc21. The second kappa shape index (κ2) is 5.19. The normalized spacial score (nSPS) is 20.4. The van der Waals surface area contributed by atoms with Crippen molar-refractivity contribution in [2.24, 2.45) is 0 Å². The molecule has 6 heteroatoms. The van der Waals surface area contributed by atoms with Crippen LogP contribution in [-0.2, 0) is 11.8 Å². The maximum atomic E-state index is 12.2. The van der Waals surface area contributed by atoms with Crippen molar-refractivity contribution in [3.63, 3.8) is 0 Å². The number of benzene rings is 1. The van der Waals surface area contributed by atoms with E-state index in [1.165, 1.54) is 28.0 Å². The predicted molar refractivity (Wildman–Crippen MR) is 86.8 cm³/mol. The lowest BCUT2D eigenvalue weighted by molar-refractivity contribution is 0.0726. The minimum absolute atomic E-state index is 0.0248. The topological polar surface area (TPSA) is 70.4 Å². The van der Waals surface area contributed by atoms with Gasteiger partial charge in [-0.25, -0.2) is 4.57 Å². The van der Waals surface area contributed by atoms with E-state index >= 15 is 0 Å². The van der Waals surface area contributed by atoms with Crippen molar-refractivity contribution in [1.82, 2.24) is 9.55 Å². The number of rotatable bonds is 3. The van der Waals surface area contributed by atoms with E-state index < -0.39 is 11.7 Å². The Morgan fingerprint density at radius 1 is 1.33 bits per heavy atom. The maximum Gasteiger partial charge on any atom is 0.307 e. The lowest BCUT2D eigenvalue weighted by Gasteiger charge is -2.19. The first kappa shape index (κ1) is 14.9. The highest BCUT2D eigenvalue weighted by atomic mass is 16.6. The van der Waals surface area contributed by atoms with E-state index in [1.807, 2.05) is 12.1 Å². The number of ether oxygens (including phenoxy) is 2. The smallest absolute Gasteiger partial charge is 0.307 e. The molecule has 0 saturated carbocycles. The zero-order chi connectivity index (χ0) is 16.9. The van der Waals surface area contributed by atoms with Crippen molar-refractivity contribution in [3.05, 3.63) is 51.9 Å². The molecule has 1 aliphatic heterocycles. The maximum absolute atomic E-state index is 12.2. The third kappa shape index (κ3) is 2.38. The van der Waals surface area contributed by atoms with Crippen molar-refractivity contribution in [2.75, 3.05) is 6.61 Å². The van der Waals surface area contributed by atoms with E-state index in [4.69, 9.17) is 9.47 Å². The van der Waals surface area contributed by atoms with Gasteiger partial charge >= 0.3 is 6.01 Å². The zero-order valence-corrected chi connectivity index (χ0v) is 13.6. The van der Waals surface area contributed by atoms with Gasteiger partial charge in [0.2, 0.25) is 6.10 Å². The van der Waals surface area contributed by atoms with Crippen molar-refractivity contribution in [2.45, 2.75) is 38.2 Å². The molecule has 0 fully saturated rings. The van der Waals surface area contributed by atoms with E-state index in [0.717, 1.165) is 18.6 Å². The number of hydrogen-bond donors (Lipinski definition) is 0. The zero-order valence-electron chi connectivity index (χ0n) is 13.6. The lowest BCUT2D eigenvalue weighted by atomic mass is 9.87.